The first-order valence-electron chi connectivity index (χ1n) is 11.1. The van der Waals surface area contributed by atoms with Gasteiger partial charge in [-0.25, -0.2) is 9.37 Å². The Hall–Kier alpha value is -2.19. The molecule has 1 unspecified atom stereocenters. The minimum atomic E-state index is -0.940. The summed E-state index contributed by atoms with van der Waals surface area (Å²) in [6, 6.07) is 7.45. The van der Waals surface area contributed by atoms with Crippen molar-refractivity contribution < 1.29 is 18.3 Å². The SMILES string of the molecule is COc1cccc(F)c1F.NSc1cc(NC(=O)C2CCCC3(CCCCC3)C2)ccn1. The van der Waals surface area contributed by atoms with Gasteiger partial charge in [0.15, 0.2) is 11.6 Å². The van der Waals surface area contributed by atoms with Crippen molar-refractivity contribution in [1.82, 2.24) is 4.98 Å². The van der Waals surface area contributed by atoms with Gasteiger partial charge in [-0.05, 0) is 73.7 Å². The van der Waals surface area contributed by atoms with Gasteiger partial charge in [-0.2, -0.15) is 4.39 Å². The molecule has 1 atom stereocenters. The summed E-state index contributed by atoms with van der Waals surface area (Å²) in [7, 11) is 1.29. The van der Waals surface area contributed by atoms with Gasteiger partial charge in [-0.1, -0.05) is 31.7 Å². The molecule has 2 aliphatic carbocycles. The Balaban J connectivity index is 0.000000243. The van der Waals surface area contributed by atoms with Gasteiger partial charge in [0, 0.05) is 17.8 Å². The lowest BCUT2D eigenvalue weighted by Gasteiger charge is -2.43. The van der Waals surface area contributed by atoms with E-state index in [1.165, 1.54) is 64.2 Å². The van der Waals surface area contributed by atoms with Gasteiger partial charge < -0.3 is 10.1 Å². The summed E-state index contributed by atoms with van der Waals surface area (Å²) in [5.41, 5.74) is 1.26. The molecular formula is C24H31F2N3O2S. The number of pyridine rings is 1. The maximum absolute atomic E-state index is 12.6. The van der Waals surface area contributed by atoms with Crippen LogP contribution in [0.5, 0.6) is 5.75 Å². The molecule has 5 nitrogen and oxygen atoms in total. The van der Waals surface area contributed by atoms with E-state index in [0.717, 1.165) is 41.6 Å². The second-order valence-corrected chi connectivity index (χ2v) is 9.25. The Labute approximate surface area is 192 Å². The molecule has 174 valence electrons. The molecule has 0 radical (unpaired) electrons. The molecule has 0 saturated heterocycles. The fraction of sp³-hybridized carbons (Fsp3) is 0.500. The van der Waals surface area contributed by atoms with Crippen LogP contribution >= 0.6 is 11.9 Å². The number of aromatic nitrogens is 1. The van der Waals surface area contributed by atoms with Gasteiger partial charge in [-0.15, -0.1) is 0 Å². The Morgan fingerprint density at radius 2 is 1.94 bits per heavy atom. The molecule has 0 bridgehead atoms. The Morgan fingerprint density at radius 1 is 1.19 bits per heavy atom. The smallest absolute Gasteiger partial charge is 0.227 e. The highest BCUT2D eigenvalue weighted by Gasteiger charge is 2.39. The maximum atomic E-state index is 12.6. The number of hydrogen-bond donors (Lipinski definition) is 2. The molecule has 8 heteroatoms. The van der Waals surface area contributed by atoms with Crippen molar-refractivity contribution in [2.24, 2.45) is 16.5 Å². The summed E-state index contributed by atoms with van der Waals surface area (Å²) in [5.74, 6) is -1.57. The molecule has 1 aromatic heterocycles. The average Bonchev–Trinajstić information content (AvgIpc) is 2.82. The van der Waals surface area contributed by atoms with Crippen LogP contribution < -0.4 is 15.2 Å². The number of carbonyl (C=O) groups excluding carboxylic acids is 1. The molecule has 1 aromatic carbocycles. The summed E-state index contributed by atoms with van der Waals surface area (Å²) >= 11 is 1.10. The quantitative estimate of drug-likeness (QED) is 0.536. The van der Waals surface area contributed by atoms with E-state index >= 15 is 0 Å². The lowest BCUT2D eigenvalue weighted by Crippen LogP contribution is -2.36. The molecule has 2 aromatic rings. The number of carbonyl (C=O) groups is 1. The monoisotopic (exact) mass is 463 g/mol. The van der Waals surface area contributed by atoms with E-state index in [9.17, 15) is 13.6 Å². The summed E-state index contributed by atoms with van der Waals surface area (Å²) in [6.45, 7) is 0. The maximum Gasteiger partial charge on any atom is 0.227 e. The predicted molar refractivity (Wildman–Crippen MR) is 123 cm³/mol. The highest BCUT2D eigenvalue weighted by Crippen LogP contribution is 2.49. The fourth-order valence-electron chi connectivity index (χ4n) is 4.87. The van der Waals surface area contributed by atoms with E-state index in [0.29, 0.717) is 5.41 Å². The number of rotatable bonds is 4. The Morgan fingerprint density at radius 3 is 2.62 bits per heavy atom. The van der Waals surface area contributed by atoms with Gasteiger partial charge >= 0.3 is 0 Å². The average molecular weight is 464 g/mol. The van der Waals surface area contributed by atoms with E-state index < -0.39 is 11.6 Å². The summed E-state index contributed by atoms with van der Waals surface area (Å²) < 4.78 is 29.3. The van der Waals surface area contributed by atoms with Crippen LogP contribution in [0.4, 0.5) is 14.5 Å². The van der Waals surface area contributed by atoms with Gasteiger partial charge in [0.2, 0.25) is 11.7 Å². The van der Waals surface area contributed by atoms with Crippen LogP contribution in [0, 0.1) is 23.0 Å². The van der Waals surface area contributed by atoms with E-state index in [4.69, 9.17) is 5.14 Å². The van der Waals surface area contributed by atoms with E-state index in [1.54, 1.807) is 6.20 Å². The Kier molecular flexibility index (Phi) is 8.87. The van der Waals surface area contributed by atoms with Crippen LogP contribution in [-0.4, -0.2) is 18.0 Å². The fourth-order valence-corrected chi connectivity index (χ4v) is 5.18. The van der Waals surface area contributed by atoms with Crippen molar-refractivity contribution in [3.8, 4) is 5.75 Å². The number of halogens is 2. The second-order valence-electron chi connectivity index (χ2n) is 8.60. The molecule has 32 heavy (non-hydrogen) atoms. The van der Waals surface area contributed by atoms with Crippen molar-refractivity contribution >= 4 is 23.5 Å². The van der Waals surface area contributed by atoms with Crippen molar-refractivity contribution in [1.29, 1.82) is 0 Å². The standard InChI is InChI=1S/C17H25N3OS.C7H6F2O/c18-22-15-11-14(6-10-19-15)20-16(21)13-5-4-9-17(12-13)7-2-1-3-8-17;1-10-6-4-2-3-5(8)7(6)9/h6,10-11,13H,1-5,7-9,12,18H2,(H,19,20,21);2-4H,1H3. The van der Waals surface area contributed by atoms with E-state index in [-0.39, 0.29) is 17.6 Å². The number of amides is 1. The first-order valence-corrected chi connectivity index (χ1v) is 12.0. The minimum absolute atomic E-state index is 0.0694. The first-order chi connectivity index (χ1) is 15.5. The summed E-state index contributed by atoms with van der Waals surface area (Å²) in [4.78, 5) is 16.8. The normalized spacial score (nSPS) is 19.6. The molecule has 4 rings (SSSR count). The van der Waals surface area contributed by atoms with Crippen molar-refractivity contribution in [3.05, 3.63) is 48.2 Å². The lowest BCUT2D eigenvalue weighted by molar-refractivity contribution is -0.122. The molecular weight excluding hydrogens is 432 g/mol. The van der Waals surface area contributed by atoms with Crippen LogP contribution in [-0.2, 0) is 4.79 Å². The van der Waals surface area contributed by atoms with Gasteiger partial charge in [0.1, 0.15) is 5.03 Å². The highest BCUT2D eigenvalue weighted by atomic mass is 32.2. The van der Waals surface area contributed by atoms with Crippen molar-refractivity contribution in [2.45, 2.75) is 62.8 Å². The minimum Gasteiger partial charge on any atom is -0.494 e. The highest BCUT2D eigenvalue weighted by molar-refractivity contribution is 7.97. The van der Waals surface area contributed by atoms with Gasteiger partial charge in [-0.3, -0.25) is 9.93 Å². The zero-order valence-corrected chi connectivity index (χ0v) is 19.2. The number of methoxy groups -OCH3 is 1. The number of anilines is 1. The van der Waals surface area contributed by atoms with E-state index in [2.05, 4.69) is 15.0 Å². The second kappa shape index (κ2) is 11.6. The van der Waals surface area contributed by atoms with Crippen LogP contribution in [0.25, 0.3) is 0 Å². The number of nitrogens with zero attached hydrogens (tertiary/aromatic N) is 1. The topological polar surface area (TPSA) is 77.2 Å². The third kappa shape index (κ3) is 6.42. The first kappa shape index (κ1) is 24.5. The number of hydrogen-bond acceptors (Lipinski definition) is 5. The third-order valence-corrected chi connectivity index (χ3v) is 6.95. The van der Waals surface area contributed by atoms with Crippen molar-refractivity contribution in [3.63, 3.8) is 0 Å². The molecule has 2 saturated carbocycles. The van der Waals surface area contributed by atoms with Crippen LogP contribution in [0.1, 0.15) is 57.8 Å². The van der Waals surface area contributed by atoms with E-state index in [1.807, 2.05) is 12.1 Å². The largest absolute Gasteiger partial charge is 0.494 e. The number of ether oxygens (including phenoxy) is 1. The summed E-state index contributed by atoms with van der Waals surface area (Å²) in [5, 5.41) is 9.31. The molecule has 1 spiro atoms. The molecule has 1 heterocycles. The lowest BCUT2D eigenvalue weighted by atomic mass is 9.62. The predicted octanol–water partition coefficient (Wildman–Crippen LogP) is 6.10. The number of nitrogens with one attached hydrogen (secondary N) is 1. The Bertz CT molecular complexity index is 901. The van der Waals surface area contributed by atoms with Gasteiger partial charge in [0.25, 0.3) is 0 Å². The zero-order chi connectivity index (χ0) is 23.0. The molecule has 0 aliphatic heterocycles. The van der Waals surface area contributed by atoms with Crippen LogP contribution in [0.2, 0.25) is 0 Å². The molecule has 2 aliphatic rings. The summed E-state index contributed by atoms with van der Waals surface area (Å²) in [6.07, 6.45) is 13.0. The molecule has 3 N–H and O–H groups in total. The third-order valence-electron chi connectivity index (χ3n) is 6.48. The number of nitrogens with two attached hydrogens (primary N) is 1. The molecule has 2 fully saturated rings. The zero-order valence-electron chi connectivity index (χ0n) is 18.4. The number of benzene rings is 1. The molecule has 1 amide bonds. The van der Waals surface area contributed by atoms with Gasteiger partial charge in [0.05, 0.1) is 7.11 Å². The van der Waals surface area contributed by atoms with Crippen LogP contribution in [0.15, 0.2) is 41.6 Å². The van der Waals surface area contributed by atoms with Crippen LogP contribution in [0.3, 0.4) is 0 Å². The van der Waals surface area contributed by atoms with Crippen molar-refractivity contribution in [2.75, 3.05) is 12.4 Å².